The molecular weight excluding hydrogens is 256 g/mol. The summed E-state index contributed by atoms with van der Waals surface area (Å²) >= 11 is 0. The van der Waals surface area contributed by atoms with Gasteiger partial charge < -0.3 is 4.79 Å². The molecule has 0 unspecified atom stereocenters. The zero-order chi connectivity index (χ0) is 15.4. The molecule has 0 N–H and O–H groups in total. The number of hydrogen-bond donors (Lipinski definition) is 0. The monoisotopic (exact) mass is 294 g/mol. The van der Waals surface area contributed by atoms with E-state index in [4.69, 9.17) is 0 Å². The van der Waals surface area contributed by atoms with Gasteiger partial charge in [0, 0.05) is 6.42 Å². The highest BCUT2D eigenvalue weighted by Crippen LogP contribution is 2.10. The van der Waals surface area contributed by atoms with Crippen LogP contribution in [0.5, 0.6) is 0 Å². The summed E-state index contributed by atoms with van der Waals surface area (Å²) in [6, 6.07) is 0. The van der Waals surface area contributed by atoms with Crippen molar-refractivity contribution in [2.75, 3.05) is 0 Å². The van der Waals surface area contributed by atoms with Gasteiger partial charge in [0.05, 0.1) is 0 Å². The molecule has 0 aliphatic heterocycles. The molecule has 0 amide bonds. The van der Waals surface area contributed by atoms with Crippen LogP contribution in [-0.4, -0.2) is 6.29 Å². The van der Waals surface area contributed by atoms with E-state index in [1.54, 1.807) is 0 Å². The lowest BCUT2D eigenvalue weighted by molar-refractivity contribution is -0.107. The Morgan fingerprint density at radius 3 is 1.33 bits per heavy atom. The normalized spacial score (nSPS) is 11.3. The SMILES string of the molecule is CCCCCCCC/C=C/CCCCCCCCCC=O. The van der Waals surface area contributed by atoms with Gasteiger partial charge >= 0.3 is 0 Å². The second-order valence-electron chi connectivity index (χ2n) is 6.25. The first-order valence-electron chi connectivity index (χ1n) is 9.50. The first-order valence-corrected chi connectivity index (χ1v) is 9.50. The smallest absolute Gasteiger partial charge is 0.119 e. The Bertz CT molecular complexity index is 220. The molecule has 0 aromatic carbocycles. The average Bonchev–Trinajstić information content (AvgIpc) is 2.50. The van der Waals surface area contributed by atoms with Crippen LogP contribution < -0.4 is 0 Å². The molecule has 21 heavy (non-hydrogen) atoms. The van der Waals surface area contributed by atoms with Crippen LogP contribution in [0.25, 0.3) is 0 Å². The molecule has 0 aromatic rings. The van der Waals surface area contributed by atoms with Crippen LogP contribution in [0, 0.1) is 0 Å². The molecule has 0 rings (SSSR count). The maximum absolute atomic E-state index is 10.2. The van der Waals surface area contributed by atoms with E-state index in [1.807, 2.05) is 0 Å². The van der Waals surface area contributed by atoms with Crippen molar-refractivity contribution in [2.45, 2.75) is 110 Å². The predicted octanol–water partition coefficient (Wildman–Crippen LogP) is 7.00. The van der Waals surface area contributed by atoms with E-state index in [9.17, 15) is 4.79 Å². The van der Waals surface area contributed by atoms with Crippen molar-refractivity contribution in [3.8, 4) is 0 Å². The number of allylic oxidation sites excluding steroid dienone is 2. The minimum absolute atomic E-state index is 0.753. The third kappa shape index (κ3) is 19.4. The highest BCUT2D eigenvalue weighted by atomic mass is 16.1. The fourth-order valence-electron chi connectivity index (χ4n) is 2.65. The Morgan fingerprint density at radius 2 is 0.905 bits per heavy atom. The van der Waals surface area contributed by atoms with E-state index in [1.165, 1.54) is 89.9 Å². The Labute approximate surface area is 133 Å². The predicted molar refractivity (Wildman–Crippen MR) is 94.8 cm³/mol. The van der Waals surface area contributed by atoms with Crippen LogP contribution in [0.1, 0.15) is 110 Å². The van der Waals surface area contributed by atoms with Crippen molar-refractivity contribution in [1.82, 2.24) is 0 Å². The largest absolute Gasteiger partial charge is 0.303 e. The zero-order valence-corrected chi connectivity index (χ0v) is 14.5. The van der Waals surface area contributed by atoms with Gasteiger partial charge in [-0.05, 0) is 32.1 Å². The van der Waals surface area contributed by atoms with Crippen LogP contribution in [0.15, 0.2) is 12.2 Å². The van der Waals surface area contributed by atoms with Gasteiger partial charge in [-0.25, -0.2) is 0 Å². The Balaban J connectivity index is 3.03. The van der Waals surface area contributed by atoms with Crippen molar-refractivity contribution in [3.63, 3.8) is 0 Å². The fraction of sp³-hybridized carbons (Fsp3) is 0.850. The Kier molecular flexibility index (Phi) is 18.9. The van der Waals surface area contributed by atoms with Crippen LogP contribution in [0.4, 0.5) is 0 Å². The summed E-state index contributed by atoms with van der Waals surface area (Å²) in [6.07, 6.45) is 26.6. The van der Waals surface area contributed by atoms with Gasteiger partial charge in [-0.2, -0.15) is 0 Å². The second-order valence-corrected chi connectivity index (χ2v) is 6.25. The molecule has 1 nitrogen and oxygen atoms in total. The molecule has 0 bridgehead atoms. The molecule has 0 aromatic heterocycles. The summed E-state index contributed by atoms with van der Waals surface area (Å²) in [5.74, 6) is 0. The molecule has 0 spiro atoms. The third-order valence-electron chi connectivity index (χ3n) is 4.08. The molecule has 124 valence electrons. The summed E-state index contributed by atoms with van der Waals surface area (Å²) in [6.45, 7) is 2.27. The lowest BCUT2D eigenvalue weighted by Crippen LogP contribution is -1.81. The van der Waals surface area contributed by atoms with Crippen molar-refractivity contribution in [1.29, 1.82) is 0 Å². The summed E-state index contributed by atoms with van der Waals surface area (Å²) in [4.78, 5) is 10.2. The van der Waals surface area contributed by atoms with E-state index in [-0.39, 0.29) is 0 Å². The number of hydrogen-bond acceptors (Lipinski definition) is 1. The van der Waals surface area contributed by atoms with E-state index < -0.39 is 0 Å². The second kappa shape index (κ2) is 19.4. The molecule has 0 fully saturated rings. The van der Waals surface area contributed by atoms with Gasteiger partial charge in [-0.15, -0.1) is 0 Å². The summed E-state index contributed by atoms with van der Waals surface area (Å²) in [7, 11) is 0. The molecule has 0 atom stereocenters. The number of unbranched alkanes of at least 4 members (excludes halogenated alkanes) is 14. The van der Waals surface area contributed by atoms with Crippen LogP contribution in [0.2, 0.25) is 0 Å². The molecule has 0 heterocycles. The zero-order valence-electron chi connectivity index (χ0n) is 14.5. The van der Waals surface area contributed by atoms with Crippen molar-refractivity contribution in [2.24, 2.45) is 0 Å². The first-order chi connectivity index (χ1) is 10.4. The highest BCUT2D eigenvalue weighted by Gasteiger charge is 1.91. The van der Waals surface area contributed by atoms with Crippen molar-refractivity contribution >= 4 is 6.29 Å². The van der Waals surface area contributed by atoms with Crippen molar-refractivity contribution in [3.05, 3.63) is 12.2 Å². The topological polar surface area (TPSA) is 17.1 Å². The fourth-order valence-corrected chi connectivity index (χ4v) is 2.65. The van der Waals surface area contributed by atoms with Crippen LogP contribution in [0.3, 0.4) is 0 Å². The Morgan fingerprint density at radius 1 is 0.524 bits per heavy atom. The molecule has 1 heteroatoms. The molecular formula is C20H38O. The van der Waals surface area contributed by atoms with E-state index in [0.29, 0.717) is 0 Å². The van der Waals surface area contributed by atoms with Gasteiger partial charge in [0.15, 0.2) is 0 Å². The Hall–Kier alpha value is -0.590. The average molecular weight is 295 g/mol. The van der Waals surface area contributed by atoms with E-state index in [0.717, 1.165) is 19.1 Å². The first kappa shape index (κ1) is 20.4. The van der Waals surface area contributed by atoms with E-state index >= 15 is 0 Å². The number of carbonyl (C=O) groups excluding carboxylic acids is 1. The lowest BCUT2D eigenvalue weighted by Gasteiger charge is -2.00. The molecule has 0 aliphatic carbocycles. The lowest BCUT2D eigenvalue weighted by atomic mass is 10.1. The number of carbonyl (C=O) groups is 1. The van der Waals surface area contributed by atoms with Crippen molar-refractivity contribution < 1.29 is 4.79 Å². The molecule has 0 radical (unpaired) electrons. The molecule has 0 aliphatic rings. The highest BCUT2D eigenvalue weighted by molar-refractivity contribution is 5.48. The van der Waals surface area contributed by atoms with Crippen LogP contribution in [-0.2, 0) is 4.79 Å². The number of rotatable bonds is 17. The molecule has 0 saturated carbocycles. The summed E-state index contributed by atoms with van der Waals surface area (Å²) < 4.78 is 0. The summed E-state index contributed by atoms with van der Waals surface area (Å²) in [5.41, 5.74) is 0. The van der Waals surface area contributed by atoms with Gasteiger partial charge in [-0.3, -0.25) is 0 Å². The minimum Gasteiger partial charge on any atom is -0.303 e. The van der Waals surface area contributed by atoms with Gasteiger partial charge in [0.1, 0.15) is 6.29 Å². The maximum atomic E-state index is 10.2. The van der Waals surface area contributed by atoms with E-state index in [2.05, 4.69) is 19.1 Å². The van der Waals surface area contributed by atoms with Crippen LogP contribution >= 0.6 is 0 Å². The minimum atomic E-state index is 0.753. The molecule has 0 saturated heterocycles. The maximum Gasteiger partial charge on any atom is 0.119 e. The summed E-state index contributed by atoms with van der Waals surface area (Å²) in [5, 5.41) is 0. The third-order valence-corrected chi connectivity index (χ3v) is 4.08. The quantitative estimate of drug-likeness (QED) is 0.160. The number of aldehydes is 1. The van der Waals surface area contributed by atoms with Gasteiger partial charge in [-0.1, -0.05) is 83.3 Å². The standard InChI is InChI=1S/C20H38O/c1-2-3-4-5-6-7-8-9-10-11-12-13-14-15-16-17-18-19-20-21/h9-10,20H,2-8,11-19H2,1H3/b10-9+. The van der Waals surface area contributed by atoms with Gasteiger partial charge in [0.25, 0.3) is 0 Å². The van der Waals surface area contributed by atoms with Gasteiger partial charge in [0.2, 0.25) is 0 Å².